The summed E-state index contributed by atoms with van der Waals surface area (Å²) in [5, 5.41) is 13.1. The number of benzene rings is 1. The first kappa shape index (κ1) is 18.4. The average Bonchev–Trinajstić information content (AvgIpc) is 2.93. The summed E-state index contributed by atoms with van der Waals surface area (Å²) in [5.41, 5.74) is 0.530. The average molecular weight is 336 g/mol. The highest BCUT2D eigenvalue weighted by atomic mass is 19.1. The Morgan fingerprint density at radius 1 is 1.25 bits per heavy atom. The standard InChI is InChI=1S/C18H25FN2O3/c1-11(2)16(21-10-4-5-15(21)22)18(24)20-12(3)17(23)13-6-8-14(19)9-7-13/h6-9,11-12,16-17,23H,4-5,10H2,1-3H3,(H,20,24). The lowest BCUT2D eigenvalue weighted by Crippen LogP contribution is -2.53. The SMILES string of the molecule is CC(C)C(C(=O)NC(C)C(O)c1ccc(F)cc1)N1CCCC1=O. The maximum atomic E-state index is 13.0. The zero-order chi connectivity index (χ0) is 17.9. The second-order valence-electron chi connectivity index (χ2n) is 6.67. The minimum atomic E-state index is -0.948. The van der Waals surface area contributed by atoms with Gasteiger partial charge in [-0.05, 0) is 37.0 Å². The fourth-order valence-electron chi connectivity index (χ4n) is 3.10. The number of aliphatic hydroxyl groups excluding tert-OH is 1. The Labute approximate surface area is 141 Å². The van der Waals surface area contributed by atoms with Crippen molar-refractivity contribution in [2.24, 2.45) is 5.92 Å². The van der Waals surface area contributed by atoms with Crippen LogP contribution in [0.1, 0.15) is 45.3 Å². The van der Waals surface area contributed by atoms with Gasteiger partial charge in [-0.15, -0.1) is 0 Å². The topological polar surface area (TPSA) is 69.6 Å². The normalized spacial score (nSPS) is 18.6. The van der Waals surface area contributed by atoms with E-state index in [0.29, 0.717) is 18.5 Å². The Bertz CT molecular complexity index is 588. The van der Waals surface area contributed by atoms with E-state index in [2.05, 4.69) is 5.32 Å². The van der Waals surface area contributed by atoms with Crippen molar-refractivity contribution in [3.8, 4) is 0 Å². The minimum Gasteiger partial charge on any atom is -0.386 e. The molecule has 2 N–H and O–H groups in total. The van der Waals surface area contributed by atoms with E-state index >= 15 is 0 Å². The molecule has 1 aromatic rings. The molecule has 1 heterocycles. The summed E-state index contributed by atoms with van der Waals surface area (Å²) < 4.78 is 13.0. The van der Waals surface area contributed by atoms with Crippen LogP contribution in [0.15, 0.2) is 24.3 Å². The van der Waals surface area contributed by atoms with Gasteiger partial charge in [-0.3, -0.25) is 9.59 Å². The van der Waals surface area contributed by atoms with Crippen molar-refractivity contribution >= 4 is 11.8 Å². The van der Waals surface area contributed by atoms with Crippen LogP contribution in [0.5, 0.6) is 0 Å². The number of likely N-dealkylation sites (tertiary alicyclic amines) is 1. The van der Waals surface area contributed by atoms with Crippen molar-refractivity contribution in [3.05, 3.63) is 35.6 Å². The minimum absolute atomic E-state index is 0.00409. The summed E-state index contributed by atoms with van der Waals surface area (Å²) in [7, 11) is 0. The van der Waals surface area contributed by atoms with Crippen LogP contribution in [0.3, 0.4) is 0 Å². The summed E-state index contributed by atoms with van der Waals surface area (Å²) in [6.45, 7) is 6.08. The maximum absolute atomic E-state index is 13.0. The fraction of sp³-hybridized carbons (Fsp3) is 0.556. The number of hydrogen-bond donors (Lipinski definition) is 2. The van der Waals surface area contributed by atoms with Gasteiger partial charge in [0.15, 0.2) is 0 Å². The second-order valence-corrected chi connectivity index (χ2v) is 6.67. The molecule has 3 unspecified atom stereocenters. The Balaban J connectivity index is 2.05. The summed E-state index contributed by atoms with van der Waals surface area (Å²) in [6, 6.07) is 4.43. The molecule has 0 aromatic heterocycles. The molecule has 0 spiro atoms. The molecule has 0 aliphatic carbocycles. The van der Waals surface area contributed by atoms with E-state index in [9.17, 15) is 19.1 Å². The highest BCUT2D eigenvalue weighted by molar-refractivity contribution is 5.89. The summed E-state index contributed by atoms with van der Waals surface area (Å²) in [5.74, 6) is -0.679. The number of aliphatic hydroxyl groups is 1. The molecule has 6 heteroatoms. The van der Waals surface area contributed by atoms with Crippen LogP contribution < -0.4 is 5.32 Å². The molecule has 5 nitrogen and oxygen atoms in total. The summed E-state index contributed by atoms with van der Waals surface area (Å²) in [4.78, 5) is 26.2. The highest BCUT2D eigenvalue weighted by Gasteiger charge is 2.35. The molecule has 132 valence electrons. The van der Waals surface area contributed by atoms with Crippen LogP contribution in [-0.2, 0) is 9.59 Å². The van der Waals surface area contributed by atoms with Gasteiger partial charge >= 0.3 is 0 Å². The lowest BCUT2D eigenvalue weighted by Gasteiger charge is -2.32. The first-order chi connectivity index (χ1) is 11.3. The van der Waals surface area contributed by atoms with Crippen molar-refractivity contribution in [2.45, 2.75) is 51.8 Å². The molecule has 1 saturated heterocycles. The summed E-state index contributed by atoms with van der Waals surface area (Å²) >= 11 is 0. The van der Waals surface area contributed by atoms with Crippen molar-refractivity contribution in [1.29, 1.82) is 0 Å². The van der Waals surface area contributed by atoms with E-state index in [1.54, 1.807) is 11.8 Å². The Hall–Kier alpha value is -1.95. The Kier molecular flexibility index (Phi) is 5.94. The van der Waals surface area contributed by atoms with E-state index in [4.69, 9.17) is 0 Å². The molecule has 1 aromatic carbocycles. The van der Waals surface area contributed by atoms with Gasteiger partial charge in [0, 0.05) is 13.0 Å². The monoisotopic (exact) mass is 336 g/mol. The molecule has 24 heavy (non-hydrogen) atoms. The first-order valence-corrected chi connectivity index (χ1v) is 8.34. The second kappa shape index (κ2) is 7.75. The number of nitrogens with zero attached hydrogens (tertiary/aromatic N) is 1. The molecule has 1 fully saturated rings. The van der Waals surface area contributed by atoms with Gasteiger partial charge in [-0.2, -0.15) is 0 Å². The van der Waals surface area contributed by atoms with Crippen LogP contribution >= 0.6 is 0 Å². The van der Waals surface area contributed by atoms with Crippen molar-refractivity contribution in [3.63, 3.8) is 0 Å². The van der Waals surface area contributed by atoms with E-state index in [0.717, 1.165) is 6.42 Å². The lowest BCUT2D eigenvalue weighted by molar-refractivity contribution is -0.139. The van der Waals surface area contributed by atoms with Gasteiger partial charge in [0.25, 0.3) is 0 Å². The molecule has 0 bridgehead atoms. The largest absolute Gasteiger partial charge is 0.386 e. The van der Waals surface area contributed by atoms with E-state index in [-0.39, 0.29) is 23.5 Å². The van der Waals surface area contributed by atoms with Crippen LogP contribution in [0.4, 0.5) is 4.39 Å². The van der Waals surface area contributed by atoms with Gasteiger partial charge in [0.1, 0.15) is 11.9 Å². The van der Waals surface area contributed by atoms with Gasteiger partial charge < -0.3 is 15.3 Å². The van der Waals surface area contributed by atoms with Crippen LogP contribution in [0.2, 0.25) is 0 Å². The third-order valence-corrected chi connectivity index (χ3v) is 4.40. The van der Waals surface area contributed by atoms with Gasteiger partial charge in [0.05, 0.1) is 12.1 Å². The van der Waals surface area contributed by atoms with Crippen LogP contribution in [0, 0.1) is 11.7 Å². The predicted octanol–water partition coefficient (Wildman–Crippen LogP) is 2.01. The maximum Gasteiger partial charge on any atom is 0.243 e. The molecular weight excluding hydrogens is 311 g/mol. The number of carbonyl (C=O) groups is 2. The highest BCUT2D eigenvalue weighted by Crippen LogP contribution is 2.21. The number of carbonyl (C=O) groups excluding carboxylic acids is 2. The van der Waals surface area contributed by atoms with Gasteiger partial charge in [-0.1, -0.05) is 26.0 Å². The number of nitrogens with one attached hydrogen (secondary N) is 1. The number of hydrogen-bond acceptors (Lipinski definition) is 3. The number of halogens is 1. The van der Waals surface area contributed by atoms with Crippen LogP contribution in [0.25, 0.3) is 0 Å². The van der Waals surface area contributed by atoms with Crippen molar-refractivity contribution in [1.82, 2.24) is 10.2 Å². The molecule has 2 rings (SSSR count). The smallest absolute Gasteiger partial charge is 0.243 e. The van der Waals surface area contributed by atoms with Crippen molar-refractivity contribution < 1.29 is 19.1 Å². The van der Waals surface area contributed by atoms with Crippen molar-refractivity contribution in [2.75, 3.05) is 6.54 Å². The van der Waals surface area contributed by atoms with E-state index in [1.807, 2.05) is 13.8 Å². The quantitative estimate of drug-likeness (QED) is 0.835. The Morgan fingerprint density at radius 3 is 2.38 bits per heavy atom. The third-order valence-electron chi connectivity index (χ3n) is 4.40. The number of amides is 2. The van der Waals surface area contributed by atoms with Crippen LogP contribution in [-0.4, -0.2) is 40.4 Å². The van der Waals surface area contributed by atoms with Gasteiger partial charge in [0.2, 0.25) is 11.8 Å². The fourth-order valence-corrected chi connectivity index (χ4v) is 3.10. The molecule has 2 amide bonds. The third kappa shape index (κ3) is 4.12. The molecular formula is C18H25FN2O3. The zero-order valence-corrected chi connectivity index (χ0v) is 14.3. The first-order valence-electron chi connectivity index (χ1n) is 8.34. The predicted molar refractivity (Wildman–Crippen MR) is 88.5 cm³/mol. The Morgan fingerprint density at radius 2 is 1.88 bits per heavy atom. The molecule has 1 aliphatic rings. The zero-order valence-electron chi connectivity index (χ0n) is 14.3. The molecule has 0 saturated carbocycles. The molecule has 3 atom stereocenters. The lowest BCUT2D eigenvalue weighted by atomic mass is 9.99. The summed E-state index contributed by atoms with van der Waals surface area (Å²) in [6.07, 6.45) is 0.296. The van der Waals surface area contributed by atoms with Gasteiger partial charge in [-0.25, -0.2) is 4.39 Å². The van der Waals surface area contributed by atoms with E-state index < -0.39 is 18.2 Å². The molecule has 1 aliphatic heterocycles. The molecule has 0 radical (unpaired) electrons. The number of rotatable bonds is 6. The van der Waals surface area contributed by atoms with E-state index in [1.165, 1.54) is 24.3 Å².